The summed E-state index contributed by atoms with van der Waals surface area (Å²) < 4.78 is 11.0. The van der Waals surface area contributed by atoms with Gasteiger partial charge in [0, 0.05) is 24.8 Å². The summed E-state index contributed by atoms with van der Waals surface area (Å²) in [4.78, 5) is 17.0. The van der Waals surface area contributed by atoms with Gasteiger partial charge < -0.3 is 14.4 Å². The van der Waals surface area contributed by atoms with Gasteiger partial charge in [-0.15, -0.1) is 0 Å². The summed E-state index contributed by atoms with van der Waals surface area (Å²) in [5, 5.41) is 0. The third kappa shape index (κ3) is 4.25. The van der Waals surface area contributed by atoms with Gasteiger partial charge in [0.05, 0.1) is 20.3 Å². The number of para-hydroxylation sites is 1. The van der Waals surface area contributed by atoms with E-state index in [1.165, 1.54) is 0 Å². The lowest BCUT2D eigenvalue weighted by molar-refractivity contribution is -0.122. The highest BCUT2D eigenvalue weighted by Crippen LogP contribution is 2.30. The highest BCUT2D eigenvalue weighted by molar-refractivity contribution is 5.96. The van der Waals surface area contributed by atoms with Crippen LogP contribution in [0.1, 0.15) is 25.0 Å². The van der Waals surface area contributed by atoms with Gasteiger partial charge in [0.1, 0.15) is 0 Å². The zero-order valence-corrected chi connectivity index (χ0v) is 16.6. The molecular weight excluding hydrogens is 340 g/mol. The number of carbonyl (C=O) groups is 1. The molecule has 2 aromatic carbocycles. The van der Waals surface area contributed by atoms with Gasteiger partial charge in [0.15, 0.2) is 11.5 Å². The Labute approximate surface area is 161 Å². The SMILES string of the molecule is CCOc1cc(CN2CC(=O)N(c3ccccc3C)C(C)C2)ccc1OC. The molecule has 1 aliphatic rings. The normalized spacial score (nSPS) is 17.9. The van der Waals surface area contributed by atoms with E-state index in [1.54, 1.807) is 7.11 Å². The van der Waals surface area contributed by atoms with Gasteiger partial charge in [0.2, 0.25) is 5.91 Å². The van der Waals surface area contributed by atoms with Crippen LogP contribution >= 0.6 is 0 Å². The number of amides is 1. The number of ether oxygens (including phenoxy) is 2. The summed E-state index contributed by atoms with van der Waals surface area (Å²) in [5.41, 5.74) is 3.25. The Morgan fingerprint density at radius 2 is 1.93 bits per heavy atom. The van der Waals surface area contributed by atoms with Crippen LogP contribution in [-0.4, -0.2) is 43.7 Å². The van der Waals surface area contributed by atoms with Gasteiger partial charge in [-0.2, -0.15) is 0 Å². The van der Waals surface area contributed by atoms with Crippen molar-refractivity contribution in [2.24, 2.45) is 0 Å². The highest BCUT2D eigenvalue weighted by atomic mass is 16.5. The van der Waals surface area contributed by atoms with E-state index in [2.05, 4.69) is 11.8 Å². The van der Waals surface area contributed by atoms with Crippen LogP contribution in [0.25, 0.3) is 0 Å². The van der Waals surface area contributed by atoms with Crippen LogP contribution in [0, 0.1) is 6.92 Å². The van der Waals surface area contributed by atoms with E-state index in [0.29, 0.717) is 19.7 Å². The Morgan fingerprint density at radius 3 is 2.59 bits per heavy atom. The van der Waals surface area contributed by atoms with Crippen molar-refractivity contribution in [3.05, 3.63) is 53.6 Å². The maximum absolute atomic E-state index is 12.9. The van der Waals surface area contributed by atoms with Crippen molar-refractivity contribution in [1.29, 1.82) is 0 Å². The summed E-state index contributed by atoms with van der Waals surface area (Å²) in [5.74, 6) is 1.62. The number of hydrogen-bond acceptors (Lipinski definition) is 4. The van der Waals surface area contributed by atoms with Crippen molar-refractivity contribution in [1.82, 2.24) is 4.90 Å². The Hall–Kier alpha value is -2.53. The number of rotatable bonds is 6. The fourth-order valence-electron chi connectivity index (χ4n) is 3.71. The molecule has 1 unspecified atom stereocenters. The van der Waals surface area contributed by atoms with Gasteiger partial charge in [-0.3, -0.25) is 9.69 Å². The fourth-order valence-corrected chi connectivity index (χ4v) is 3.71. The van der Waals surface area contributed by atoms with Crippen LogP contribution < -0.4 is 14.4 Å². The maximum atomic E-state index is 12.9. The van der Waals surface area contributed by atoms with E-state index >= 15 is 0 Å². The summed E-state index contributed by atoms with van der Waals surface area (Å²) in [7, 11) is 1.64. The number of anilines is 1. The number of hydrogen-bond donors (Lipinski definition) is 0. The molecule has 1 amide bonds. The average Bonchev–Trinajstić information content (AvgIpc) is 2.63. The molecule has 0 N–H and O–H groups in total. The smallest absolute Gasteiger partial charge is 0.241 e. The molecule has 144 valence electrons. The molecular formula is C22H28N2O3. The van der Waals surface area contributed by atoms with Crippen LogP contribution in [0.15, 0.2) is 42.5 Å². The Morgan fingerprint density at radius 1 is 1.15 bits per heavy atom. The molecule has 0 radical (unpaired) electrons. The van der Waals surface area contributed by atoms with Crippen molar-refractivity contribution in [3.63, 3.8) is 0 Å². The van der Waals surface area contributed by atoms with E-state index in [0.717, 1.165) is 34.9 Å². The fraction of sp³-hybridized carbons (Fsp3) is 0.409. The van der Waals surface area contributed by atoms with E-state index in [9.17, 15) is 4.79 Å². The molecule has 1 atom stereocenters. The van der Waals surface area contributed by atoms with Gasteiger partial charge >= 0.3 is 0 Å². The van der Waals surface area contributed by atoms with Crippen LogP contribution in [0.5, 0.6) is 11.5 Å². The van der Waals surface area contributed by atoms with Crippen LogP contribution in [0.2, 0.25) is 0 Å². The zero-order valence-electron chi connectivity index (χ0n) is 16.6. The number of carbonyl (C=O) groups excluding carboxylic acids is 1. The number of nitrogens with zero attached hydrogens (tertiary/aromatic N) is 2. The molecule has 27 heavy (non-hydrogen) atoms. The van der Waals surface area contributed by atoms with Crippen molar-refractivity contribution >= 4 is 11.6 Å². The number of benzene rings is 2. The van der Waals surface area contributed by atoms with Crippen LogP contribution in [0.3, 0.4) is 0 Å². The third-order valence-corrected chi connectivity index (χ3v) is 4.90. The highest BCUT2D eigenvalue weighted by Gasteiger charge is 2.31. The number of piperazine rings is 1. The second-order valence-corrected chi connectivity index (χ2v) is 6.99. The van der Waals surface area contributed by atoms with Gasteiger partial charge in [-0.05, 0) is 50.1 Å². The summed E-state index contributed by atoms with van der Waals surface area (Å²) in [6.45, 7) is 8.65. The lowest BCUT2D eigenvalue weighted by Gasteiger charge is -2.40. The molecule has 5 nitrogen and oxygen atoms in total. The molecule has 1 saturated heterocycles. The summed E-state index contributed by atoms with van der Waals surface area (Å²) in [6, 6.07) is 14.2. The molecule has 1 heterocycles. The third-order valence-electron chi connectivity index (χ3n) is 4.90. The molecule has 0 spiro atoms. The molecule has 1 fully saturated rings. The second-order valence-electron chi connectivity index (χ2n) is 6.99. The second kappa shape index (κ2) is 8.44. The largest absolute Gasteiger partial charge is 0.493 e. The van der Waals surface area contributed by atoms with E-state index in [-0.39, 0.29) is 11.9 Å². The molecule has 1 aliphatic heterocycles. The van der Waals surface area contributed by atoms with Crippen molar-refractivity contribution in [3.8, 4) is 11.5 Å². The Balaban J connectivity index is 1.73. The average molecular weight is 368 g/mol. The topological polar surface area (TPSA) is 42.0 Å². The number of methoxy groups -OCH3 is 1. The van der Waals surface area contributed by atoms with Crippen molar-refractivity contribution < 1.29 is 14.3 Å². The number of aryl methyl sites for hydroxylation is 1. The van der Waals surface area contributed by atoms with Gasteiger partial charge in [-0.1, -0.05) is 24.3 Å². The standard InChI is InChI=1S/C22H28N2O3/c1-5-27-21-12-18(10-11-20(21)26-4)14-23-13-17(3)24(22(25)15-23)19-9-7-6-8-16(19)2/h6-12,17H,5,13-15H2,1-4H3. The molecule has 0 bridgehead atoms. The lowest BCUT2D eigenvalue weighted by atomic mass is 10.1. The lowest BCUT2D eigenvalue weighted by Crippen LogP contribution is -2.55. The van der Waals surface area contributed by atoms with Gasteiger partial charge in [0.25, 0.3) is 0 Å². The first-order valence-electron chi connectivity index (χ1n) is 9.43. The predicted octanol–water partition coefficient (Wildman–Crippen LogP) is 3.64. The molecule has 0 aromatic heterocycles. The van der Waals surface area contributed by atoms with Crippen molar-refractivity contribution in [2.45, 2.75) is 33.4 Å². The first-order valence-corrected chi connectivity index (χ1v) is 9.43. The molecule has 0 saturated carbocycles. The predicted molar refractivity (Wildman–Crippen MR) is 108 cm³/mol. The first-order chi connectivity index (χ1) is 13.0. The van der Waals surface area contributed by atoms with E-state index in [1.807, 2.05) is 61.2 Å². The molecule has 5 heteroatoms. The minimum Gasteiger partial charge on any atom is -0.493 e. The van der Waals surface area contributed by atoms with Crippen molar-refractivity contribution in [2.75, 3.05) is 31.7 Å². The van der Waals surface area contributed by atoms with Crippen LogP contribution in [-0.2, 0) is 11.3 Å². The van der Waals surface area contributed by atoms with Crippen LogP contribution in [0.4, 0.5) is 5.69 Å². The molecule has 3 rings (SSSR count). The molecule has 2 aromatic rings. The van der Waals surface area contributed by atoms with Gasteiger partial charge in [-0.25, -0.2) is 0 Å². The molecule has 0 aliphatic carbocycles. The van der Waals surface area contributed by atoms with E-state index < -0.39 is 0 Å². The summed E-state index contributed by atoms with van der Waals surface area (Å²) >= 11 is 0. The maximum Gasteiger partial charge on any atom is 0.241 e. The first kappa shape index (κ1) is 19.2. The minimum atomic E-state index is 0.122. The monoisotopic (exact) mass is 368 g/mol. The summed E-state index contributed by atoms with van der Waals surface area (Å²) in [6.07, 6.45) is 0. The zero-order chi connectivity index (χ0) is 19.4. The quantitative estimate of drug-likeness (QED) is 0.781. The Bertz CT molecular complexity index is 806. The van der Waals surface area contributed by atoms with E-state index in [4.69, 9.17) is 9.47 Å². The Kier molecular flexibility index (Phi) is 6.01. The minimum absolute atomic E-state index is 0.122.